The van der Waals surface area contributed by atoms with E-state index < -0.39 is 21.4 Å². The van der Waals surface area contributed by atoms with Crippen molar-refractivity contribution in [1.82, 2.24) is 0 Å². The van der Waals surface area contributed by atoms with Crippen LogP contribution in [0.5, 0.6) is 0 Å². The van der Waals surface area contributed by atoms with Crippen LogP contribution in [0.2, 0.25) is 0 Å². The number of ketones is 1. The van der Waals surface area contributed by atoms with Crippen LogP contribution in [0.15, 0.2) is 28.7 Å². The SMILES string of the molecule is O=C1CCN(c2ccc(/C([O-])=N/S(=O)(=O)C(F)(F)F)cc2)CC1. The summed E-state index contributed by atoms with van der Waals surface area (Å²) in [5.41, 5.74) is -5.19. The number of halogens is 3. The van der Waals surface area contributed by atoms with Crippen LogP contribution in [0.1, 0.15) is 18.4 Å². The van der Waals surface area contributed by atoms with E-state index in [1.807, 2.05) is 4.90 Å². The minimum Gasteiger partial charge on any atom is -0.858 e. The number of benzene rings is 1. The highest BCUT2D eigenvalue weighted by molar-refractivity contribution is 7.91. The quantitative estimate of drug-likeness (QED) is 0.595. The second-order valence-electron chi connectivity index (χ2n) is 4.89. The molecular weight excluding hydrogens is 337 g/mol. The predicted molar refractivity (Wildman–Crippen MR) is 74.4 cm³/mol. The average molecular weight is 349 g/mol. The lowest BCUT2D eigenvalue weighted by Crippen LogP contribution is -2.33. The summed E-state index contributed by atoms with van der Waals surface area (Å²) in [6.45, 7) is 1.03. The smallest absolute Gasteiger partial charge is 0.518 e. The number of sulfonamides is 1. The van der Waals surface area contributed by atoms with E-state index in [0.29, 0.717) is 31.6 Å². The molecule has 0 bridgehead atoms. The van der Waals surface area contributed by atoms with Gasteiger partial charge in [-0.25, -0.2) is 0 Å². The van der Waals surface area contributed by atoms with Crippen molar-refractivity contribution in [3.8, 4) is 0 Å². The van der Waals surface area contributed by atoms with E-state index in [-0.39, 0.29) is 11.3 Å². The highest BCUT2D eigenvalue weighted by atomic mass is 32.2. The summed E-state index contributed by atoms with van der Waals surface area (Å²) in [4.78, 5) is 13.1. The van der Waals surface area contributed by atoms with E-state index >= 15 is 0 Å². The summed E-state index contributed by atoms with van der Waals surface area (Å²) in [5, 5.41) is 11.5. The lowest BCUT2D eigenvalue weighted by atomic mass is 10.1. The first-order valence-electron chi connectivity index (χ1n) is 6.55. The van der Waals surface area contributed by atoms with Gasteiger partial charge in [-0.1, -0.05) is 12.1 Å². The average Bonchev–Trinajstić information content (AvgIpc) is 2.46. The summed E-state index contributed by atoms with van der Waals surface area (Å²) < 4.78 is 60.4. The van der Waals surface area contributed by atoms with Gasteiger partial charge in [-0.3, -0.25) is 4.79 Å². The van der Waals surface area contributed by atoms with E-state index in [1.165, 1.54) is 24.3 Å². The number of Topliss-reactive ketones (excluding diaryl/α,β-unsaturated/α-hetero) is 1. The molecule has 1 aliphatic rings. The Morgan fingerprint density at radius 2 is 1.65 bits per heavy atom. The van der Waals surface area contributed by atoms with Crippen LogP contribution in [0.3, 0.4) is 0 Å². The molecule has 6 nitrogen and oxygen atoms in total. The molecule has 0 amide bonds. The van der Waals surface area contributed by atoms with Crippen molar-refractivity contribution in [2.75, 3.05) is 18.0 Å². The third-order valence-electron chi connectivity index (χ3n) is 3.30. The number of hydrogen-bond donors (Lipinski definition) is 0. The third-order valence-corrected chi connectivity index (χ3v) is 4.29. The zero-order chi connectivity index (χ0) is 17.3. The molecule has 0 aromatic heterocycles. The van der Waals surface area contributed by atoms with Crippen LogP contribution in [-0.4, -0.2) is 38.7 Å². The Balaban J connectivity index is 2.18. The summed E-state index contributed by atoms with van der Waals surface area (Å²) in [5.74, 6) is -1.33. The molecule has 0 radical (unpaired) electrons. The molecule has 1 aromatic rings. The second kappa shape index (κ2) is 6.19. The van der Waals surface area contributed by atoms with Gasteiger partial charge in [0, 0.05) is 37.5 Å². The van der Waals surface area contributed by atoms with Crippen molar-refractivity contribution in [2.45, 2.75) is 18.3 Å². The molecular formula is C13H12F3N2O4S-. The van der Waals surface area contributed by atoms with Crippen molar-refractivity contribution in [2.24, 2.45) is 4.40 Å². The number of anilines is 1. The van der Waals surface area contributed by atoms with Gasteiger partial charge in [0.15, 0.2) is 0 Å². The zero-order valence-electron chi connectivity index (χ0n) is 11.7. The molecule has 1 aromatic carbocycles. The molecule has 1 aliphatic heterocycles. The Labute approximate surface area is 130 Å². The first-order valence-corrected chi connectivity index (χ1v) is 7.99. The molecule has 0 unspecified atom stereocenters. The minimum absolute atomic E-state index is 0.157. The van der Waals surface area contributed by atoms with Crippen LogP contribution >= 0.6 is 0 Å². The maximum Gasteiger partial charge on any atom is 0.518 e. The fourth-order valence-electron chi connectivity index (χ4n) is 2.04. The van der Waals surface area contributed by atoms with Gasteiger partial charge in [-0.2, -0.15) is 26.0 Å². The topological polar surface area (TPSA) is 89.9 Å². The Kier molecular flexibility index (Phi) is 4.64. The number of alkyl halides is 3. The number of piperidine rings is 1. The first-order chi connectivity index (χ1) is 10.6. The number of carbonyl (C=O) groups excluding carboxylic acids is 1. The van der Waals surface area contributed by atoms with Crippen LogP contribution in [-0.2, 0) is 14.8 Å². The molecule has 1 heterocycles. The number of nitrogens with zero attached hydrogens (tertiary/aromatic N) is 2. The van der Waals surface area contributed by atoms with Crippen molar-refractivity contribution in [3.63, 3.8) is 0 Å². The van der Waals surface area contributed by atoms with Gasteiger partial charge in [0.25, 0.3) is 0 Å². The number of rotatable bonds is 3. The van der Waals surface area contributed by atoms with Crippen molar-refractivity contribution >= 4 is 27.4 Å². The van der Waals surface area contributed by atoms with Gasteiger partial charge in [-0.15, -0.1) is 0 Å². The van der Waals surface area contributed by atoms with E-state index in [4.69, 9.17) is 0 Å². The van der Waals surface area contributed by atoms with Crippen LogP contribution in [0.25, 0.3) is 0 Å². The molecule has 2 rings (SSSR count). The monoisotopic (exact) mass is 349 g/mol. The Morgan fingerprint density at radius 1 is 1.13 bits per heavy atom. The van der Waals surface area contributed by atoms with Gasteiger partial charge >= 0.3 is 15.5 Å². The Hall–Kier alpha value is -2.10. The number of carbonyl (C=O) groups is 1. The summed E-state index contributed by atoms with van der Waals surface area (Å²) >= 11 is 0. The van der Waals surface area contributed by atoms with Crippen LogP contribution in [0.4, 0.5) is 18.9 Å². The van der Waals surface area contributed by atoms with Gasteiger partial charge in [-0.05, 0) is 17.7 Å². The normalized spacial score (nSPS) is 17.4. The lowest BCUT2D eigenvalue weighted by Gasteiger charge is -2.28. The van der Waals surface area contributed by atoms with Gasteiger partial charge in [0.1, 0.15) is 5.78 Å². The summed E-state index contributed by atoms with van der Waals surface area (Å²) in [7, 11) is -5.85. The lowest BCUT2D eigenvalue weighted by molar-refractivity contribution is -0.212. The van der Waals surface area contributed by atoms with Crippen LogP contribution in [0, 0.1) is 0 Å². The predicted octanol–water partition coefficient (Wildman–Crippen LogP) is 0.812. The fraction of sp³-hybridized carbons (Fsp3) is 0.385. The maximum absolute atomic E-state index is 12.2. The standard InChI is InChI=1S/C13H13F3N2O4S/c14-13(15,16)23(21,22)17-12(20)9-1-3-10(4-2-9)18-7-5-11(19)6-8-18/h1-4H,5-8H2,(H,17,20)/p-1. The molecule has 0 atom stereocenters. The van der Waals surface area contributed by atoms with Crippen molar-refractivity contribution in [1.29, 1.82) is 0 Å². The van der Waals surface area contributed by atoms with Crippen molar-refractivity contribution in [3.05, 3.63) is 29.8 Å². The molecule has 0 saturated carbocycles. The molecule has 23 heavy (non-hydrogen) atoms. The molecule has 10 heteroatoms. The van der Waals surface area contributed by atoms with Gasteiger partial charge in [0.05, 0.1) is 0 Å². The minimum atomic E-state index is -5.85. The molecule has 126 valence electrons. The van der Waals surface area contributed by atoms with E-state index in [1.54, 1.807) is 0 Å². The molecule has 1 saturated heterocycles. The molecule has 0 N–H and O–H groups in total. The van der Waals surface area contributed by atoms with Crippen LogP contribution < -0.4 is 10.0 Å². The van der Waals surface area contributed by atoms with Gasteiger partial charge in [0.2, 0.25) is 0 Å². The highest BCUT2D eigenvalue weighted by Crippen LogP contribution is 2.25. The van der Waals surface area contributed by atoms with E-state index in [0.717, 1.165) is 0 Å². The molecule has 0 spiro atoms. The molecule has 1 fully saturated rings. The highest BCUT2D eigenvalue weighted by Gasteiger charge is 2.45. The zero-order valence-corrected chi connectivity index (χ0v) is 12.5. The van der Waals surface area contributed by atoms with Crippen molar-refractivity contribution < 1.29 is 31.5 Å². The largest absolute Gasteiger partial charge is 0.858 e. The van der Waals surface area contributed by atoms with E-state index in [9.17, 15) is 31.5 Å². The first kappa shape index (κ1) is 17.3. The maximum atomic E-state index is 12.2. The van der Waals surface area contributed by atoms with Gasteiger partial charge < -0.3 is 10.0 Å². The Morgan fingerprint density at radius 3 is 2.13 bits per heavy atom. The van der Waals surface area contributed by atoms with E-state index in [2.05, 4.69) is 4.40 Å². The fourth-order valence-corrected chi connectivity index (χ4v) is 2.47. The number of hydrogen-bond acceptors (Lipinski definition) is 5. The summed E-state index contributed by atoms with van der Waals surface area (Å²) in [6, 6.07) is 5.34. The second-order valence-corrected chi connectivity index (χ2v) is 6.49. The third kappa shape index (κ3) is 4.01. The summed E-state index contributed by atoms with van der Waals surface area (Å²) in [6.07, 6.45) is 0.805. The molecule has 0 aliphatic carbocycles. The Bertz CT molecular complexity index is 717.